The fourth-order valence-electron chi connectivity index (χ4n) is 4.09. The molecular formula is C18H20FN5O4S. The number of nitrogens with zero attached hydrogens (tertiary/aromatic N) is 3. The minimum Gasteiger partial charge on any atom is -0.475 e. The Bertz CT molecular complexity index is 1130. The average Bonchev–Trinajstić information content (AvgIpc) is 3.14. The Morgan fingerprint density at radius 1 is 1.38 bits per heavy atom. The van der Waals surface area contributed by atoms with Gasteiger partial charge in [0.15, 0.2) is 9.92 Å². The summed E-state index contributed by atoms with van der Waals surface area (Å²) in [5.41, 5.74) is 3.49. The van der Waals surface area contributed by atoms with Crippen LogP contribution in [0.4, 0.5) is 14.9 Å². The second-order valence-corrected chi connectivity index (χ2v) is 9.13. The maximum atomic E-state index is 14.3. The number of amides is 2. The molecule has 0 bridgehead atoms. The molecule has 0 saturated carbocycles. The highest BCUT2D eigenvalue weighted by Crippen LogP contribution is 2.43. The molecule has 0 radical (unpaired) electrons. The topological polar surface area (TPSA) is 121 Å². The van der Waals surface area contributed by atoms with Crippen LogP contribution in [0.5, 0.6) is 5.88 Å². The monoisotopic (exact) mass is 421 g/mol. The Morgan fingerprint density at radius 3 is 2.62 bits per heavy atom. The predicted octanol–water partition coefficient (Wildman–Crippen LogP) is 1.73. The fraction of sp³-hybridized carbons (Fsp3) is 0.444. The van der Waals surface area contributed by atoms with Crippen LogP contribution in [-0.4, -0.2) is 40.3 Å². The van der Waals surface area contributed by atoms with E-state index in [1.165, 1.54) is 10.9 Å². The number of aromatic nitrogens is 2. The Balaban J connectivity index is 1.44. The lowest BCUT2D eigenvalue weighted by Gasteiger charge is -2.32. The van der Waals surface area contributed by atoms with Crippen LogP contribution in [0.2, 0.25) is 0 Å². The van der Waals surface area contributed by atoms with Crippen LogP contribution in [0.15, 0.2) is 15.5 Å². The number of urea groups is 1. The fourth-order valence-corrected chi connectivity index (χ4v) is 5.08. The van der Waals surface area contributed by atoms with Crippen molar-refractivity contribution in [3.05, 3.63) is 34.3 Å². The summed E-state index contributed by atoms with van der Waals surface area (Å²) >= 11 is 0. The number of halogens is 1. The quantitative estimate of drug-likeness (QED) is 0.779. The first-order chi connectivity index (χ1) is 13.9. The number of fused-ring (bicyclic) bond motifs is 3. The Kier molecular flexibility index (Phi) is 4.16. The van der Waals surface area contributed by atoms with Crippen molar-refractivity contribution < 1.29 is 22.9 Å². The summed E-state index contributed by atoms with van der Waals surface area (Å²) in [7, 11) is -2.02. The third-order valence-electron chi connectivity index (χ3n) is 5.71. The number of nitrogens with one attached hydrogen (secondary N) is 1. The summed E-state index contributed by atoms with van der Waals surface area (Å²) in [4.78, 5) is 12.6. The van der Waals surface area contributed by atoms with Gasteiger partial charge in [0.2, 0.25) is 5.88 Å². The van der Waals surface area contributed by atoms with Gasteiger partial charge in [-0.1, -0.05) is 0 Å². The van der Waals surface area contributed by atoms with E-state index in [9.17, 15) is 13.4 Å². The van der Waals surface area contributed by atoms with E-state index in [-0.39, 0.29) is 22.6 Å². The molecule has 1 unspecified atom stereocenters. The van der Waals surface area contributed by atoms with E-state index >= 15 is 0 Å². The SMILES string of the molecule is COC[C@H]1COc2c(S(N)(=O)=NC(=O)Nc3c4c(c(F)c5c3CC5)CC4)cnn21. The number of ether oxygens (including phenoxy) is 2. The highest BCUT2D eigenvalue weighted by Gasteiger charge is 2.34. The van der Waals surface area contributed by atoms with Crippen molar-refractivity contribution in [1.29, 1.82) is 0 Å². The van der Waals surface area contributed by atoms with Crippen molar-refractivity contribution in [2.45, 2.75) is 36.6 Å². The first kappa shape index (κ1) is 18.5. The van der Waals surface area contributed by atoms with Crippen LogP contribution in [0.3, 0.4) is 0 Å². The average molecular weight is 421 g/mol. The number of carbonyl (C=O) groups excluding carboxylic acids is 1. The molecule has 1 aliphatic heterocycles. The molecule has 2 aliphatic carbocycles. The predicted molar refractivity (Wildman–Crippen MR) is 102 cm³/mol. The zero-order valence-corrected chi connectivity index (χ0v) is 16.6. The van der Waals surface area contributed by atoms with E-state index in [2.05, 4.69) is 14.8 Å². The standard InChI is InChI=1S/C18H20FN5O4S/c1-27-7-9-8-28-17-14(6-21-24(9)17)29(20,26)23-18(25)22-16-12-4-2-10(12)15(19)11-3-5-13(11)16/h6,9H,2-5,7-8H2,1H3,(H3,20,22,23,25,26)/t9-,29?/m0/s1. The van der Waals surface area contributed by atoms with Gasteiger partial charge in [0.1, 0.15) is 23.4 Å². The van der Waals surface area contributed by atoms with Crippen molar-refractivity contribution >= 4 is 21.6 Å². The molecule has 2 atom stereocenters. The van der Waals surface area contributed by atoms with Gasteiger partial charge in [-0.25, -0.2) is 23.2 Å². The summed E-state index contributed by atoms with van der Waals surface area (Å²) in [6, 6.07) is -0.997. The maximum Gasteiger partial charge on any atom is 0.354 e. The first-order valence-electron chi connectivity index (χ1n) is 9.30. The van der Waals surface area contributed by atoms with Crippen LogP contribution < -0.4 is 15.2 Å². The van der Waals surface area contributed by atoms with Gasteiger partial charge in [0.05, 0.1) is 12.8 Å². The number of hydrogen-bond acceptors (Lipinski definition) is 5. The van der Waals surface area contributed by atoms with Crippen molar-refractivity contribution in [3.63, 3.8) is 0 Å². The maximum absolute atomic E-state index is 14.3. The van der Waals surface area contributed by atoms with Crippen LogP contribution in [0.25, 0.3) is 0 Å². The first-order valence-corrected chi connectivity index (χ1v) is 10.9. The Morgan fingerprint density at radius 2 is 2.03 bits per heavy atom. The summed E-state index contributed by atoms with van der Waals surface area (Å²) in [6.45, 7) is 0.678. The van der Waals surface area contributed by atoms with Crippen molar-refractivity contribution in [3.8, 4) is 5.88 Å². The van der Waals surface area contributed by atoms with Gasteiger partial charge in [0, 0.05) is 12.8 Å². The van der Waals surface area contributed by atoms with Crippen LogP contribution in [0.1, 0.15) is 28.3 Å². The molecule has 11 heteroatoms. The summed E-state index contributed by atoms with van der Waals surface area (Å²) in [5, 5.41) is 12.7. The lowest BCUT2D eigenvalue weighted by molar-refractivity contribution is 0.145. The van der Waals surface area contributed by atoms with E-state index in [0.717, 1.165) is 11.1 Å². The van der Waals surface area contributed by atoms with Gasteiger partial charge in [0.25, 0.3) is 0 Å². The largest absolute Gasteiger partial charge is 0.475 e. The van der Waals surface area contributed by atoms with Gasteiger partial charge in [-0.2, -0.15) is 5.10 Å². The molecule has 1 aromatic carbocycles. The van der Waals surface area contributed by atoms with Crippen LogP contribution in [-0.2, 0) is 40.3 Å². The van der Waals surface area contributed by atoms with Crippen molar-refractivity contribution in [2.24, 2.45) is 9.50 Å². The lowest BCUT2D eigenvalue weighted by Crippen LogP contribution is -2.26. The number of benzene rings is 1. The Hall–Kier alpha value is -2.50. The number of rotatable bonds is 4. The van der Waals surface area contributed by atoms with E-state index in [0.29, 0.717) is 55.7 Å². The molecule has 9 nitrogen and oxygen atoms in total. The van der Waals surface area contributed by atoms with Gasteiger partial charge in [-0.05, 0) is 47.9 Å². The molecule has 0 spiro atoms. The number of hydrogen-bond donors (Lipinski definition) is 2. The second kappa shape index (κ2) is 6.51. The third kappa shape index (κ3) is 2.75. The minimum absolute atomic E-state index is 0.0615. The van der Waals surface area contributed by atoms with Gasteiger partial charge >= 0.3 is 6.03 Å². The smallest absolute Gasteiger partial charge is 0.354 e. The molecule has 1 aromatic heterocycles. The van der Waals surface area contributed by atoms with Gasteiger partial charge < -0.3 is 14.8 Å². The van der Waals surface area contributed by atoms with Crippen molar-refractivity contribution in [2.75, 3.05) is 25.6 Å². The highest BCUT2D eigenvalue weighted by molar-refractivity contribution is 7.91. The van der Waals surface area contributed by atoms with Crippen LogP contribution >= 0.6 is 0 Å². The number of methoxy groups -OCH3 is 1. The van der Waals surface area contributed by atoms with Crippen molar-refractivity contribution in [1.82, 2.24) is 9.78 Å². The number of nitrogens with two attached hydrogens (primary N) is 1. The summed E-state index contributed by atoms with van der Waals surface area (Å²) < 4.78 is 43.2. The number of carbonyl (C=O) groups is 1. The van der Waals surface area contributed by atoms with Gasteiger partial charge in [-0.3, -0.25) is 0 Å². The molecule has 2 heterocycles. The molecule has 0 fully saturated rings. The molecular weight excluding hydrogens is 401 g/mol. The molecule has 0 saturated heterocycles. The molecule has 3 aliphatic rings. The molecule has 154 valence electrons. The molecule has 2 aromatic rings. The zero-order valence-electron chi connectivity index (χ0n) is 15.7. The zero-order chi connectivity index (χ0) is 20.3. The van der Waals surface area contributed by atoms with E-state index in [1.54, 1.807) is 7.11 Å². The minimum atomic E-state index is -3.58. The van der Waals surface area contributed by atoms with Gasteiger partial charge in [-0.15, -0.1) is 4.36 Å². The highest BCUT2D eigenvalue weighted by atomic mass is 32.2. The normalized spacial score (nSPS) is 20.3. The summed E-state index contributed by atoms with van der Waals surface area (Å²) in [5.74, 6) is 0.0781. The molecule has 3 N–H and O–H groups in total. The van der Waals surface area contributed by atoms with Crippen LogP contribution in [0, 0.1) is 5.82 Å². The lowest BCUT2D eigenvalue weighted by atomic mass is 9.76. The molecule has 2 amide bonds. The number of anilines is 1. The summed E-state index contributed by atoms with van der Waals surface area (Å²) in [6.07, 6.45) is 4.00. The Labute approximate surface area is 166 Å². The van der Waals surface area contributed by atoms with E-state index in [4.69, 9.17) is 14.6 Å². The van der Waals surface area contributed by atoms with E-state index in [1.807, 2.05) is 0 Å². The third-order valence-corrected chi connectivity index (χ3v) is 7.06. The molecule has 29 heavy (non-hydrogen) atoms. The second-order valence-electron chi connectivity index (χ2n) is 7.37. The van der Waals surface area contributed by atoms with E-state index < -0.39 is 15.9 Å². The molecule has 5 rings (SSSR count).